The molecule has 0 heterocycles. The summed E-state index contributed by atoms with van der Waals surface area (Å²) in [7, 11) is 4.03. The second-order valence-corrected chi connectivity index (χ2v) is 8.36. The Bertz CT molecular complexity index is 979. The molecule has 6 nitrogen and oxygen atoms in total. The lowest BCUT2D eigenvalue weighted by Crippen LogP contribution is -2.32. The van der Waals surface area contributed by atoms with E-state index in [1.807, 2.05) is 80.8 Å². The third-order valence-electron chi connectivity index (χ3n) is 5.01. The summed E-state index contributed by atoms with van der Waals surface area (Å²) in [6.07, 6.45) is 0.317. The number of aliphatic hydroxyl groups is 1. The quantitative estimate of drug-likeness (QED) is 0.251. The Hall–Kier alpha value is -3.13. The zero-order valence-corrected chi connectivity index (χ0v) is 19.9. The molecule has 0 aliphatic carbocycles. The van der Waals surface area contributed by atoms with Crippen LogP contribution in [0.5, 0.6) is 5.75 Å². The van der Waals surface area contributed by atoms with Crippen LogP contribution in [-0.4, -0.2) is 50.1 Å². The molecule has 33 heavy (non-hydrogen) atoms. The molecular formula is C26H32N4O2S. The largest absolute Gasteiger partial charge is 0.491 e. The van der Waals surface area contributed by atoms with Gasteiger partial charge < -0.3 is 30.7 Å². The molecule has 7 heteroatoms. The summed E-state index contributed by atoms with van der Waals surface area (Å²) in [6, 6.07) is 25.8. The van der Waals surface area contributed by atoms with Crippen LogP contribution in [0.25, 0.3) is 0 Å². The van der Waals surface area contributed by atoms with E-state index in [9.17, 15) is 5.11 Å². The SMILES string of the molecule is CN(C)c1ccc(NC(=S)Nc2ccc(CCNCC(O)COc3ccccc3)cc2)cc1. The fourth-order valence-corrected chi connectivity index (χ4v) is 3.40. The first-order chi connectivity index (χ1) is 16.0. The number of ether oxygens (including phenoxy) is 1. The minimum atomic E-state index is -0.552. The average molecular weight is 465 g/mol. The monoisotopic (exact) mass is 464 g/mol. The first kappa shape index (κ1) is 24.5. The third kappa shape index (κ3) is 8.73. The van der Waals surface area contributed by atoms with Crippen molar-refractivity contribution in [1.82, 2.24) is 5.32 Å². The molecule has 4 N–H and O–H groups in total. The lowest BCUT2D eigenvalue weighted by molar-refractivity contribution is 0.106. The van der Waals surface area contributed by atoms with Crippen molar-refractivity contribution in [3.8, 4) is 5.75 Å². The smallest absolute Gasteiger partial charge is 0.175 e. The summed E-state index contributed by atoms with van der Waals surface area (Å²) in [5, 5.41) is 20.3. The molecule has 0 spiro atoms. The van der Waals surface area contributed by atoms with E-state index in [0.717, 1.165) is 35.8 Å². The Morgan fingerprint density at radius 1 is 0.909 bits per heavy atom. The van der Waals surface area contributed by atoms with E-state index in [4.69, 9.17) is 17.0 Å². The second kappa shape index (κ2) is 12.8. The Morgan fingerprint density at radius 3 is 2.12 bits per heavy atom. The molecular weight excluding hydrogens is 432 g/mol. The first-order valence-electron chi connectivity index (χ1n) is 11.0. The van der Waals surface area contributed by atoms with Crippen LogP contribution in [0.1, 0.15) is 5.56 Å². The predicted octanol–water partition coefficient (Wildman–Crippen LogP) is 4.13. The molecule has 0 amide bonds. The minimum absolute atomic E-state index is 0.269. The Morgan fingerprint density at radius 2 is 1.52 bits per heavy atom. The maximum atomic E-state index is 10.1. The van der Waals surface area contributed by atoms with Gasteiger partial charge in [0.15, 0.2) is 5.11 Å². The van der Waals surface area contributed by atoms with Crippen LogP contribution in [0.15, 0.2) is 78.9 Å². The highest BCUT2D eigenvalue weighted by Gasteiger charge is 2.05. The Kier molecular flexibility index (Phi) is 9.50. The van der Waals surface area contributed by atoms with Crippen molar-refractivity contribution < 1.29 is 9.84 Å². The summed E-state index contributed by atoms with van der Waals surface area (Å²) in [6.45, 7) is 1.53. The summed E-state index contributed by atoms with van der Waals surface area (Å²) >= 11 is 5.42. The van der Waals surface area contributed by atoms with Crippen LogP contribution in [-0.2, 0) is 6.42 Å². The molecule has 0 saturated carbocycles. The summed E-state index contributed by atoms with van der Waals surface area (Å²) in [5.74, 6) is 0.766. The van der Waals surface area contributed by atoms with Gasteiger partial charge >= 0.3 is 0 Å². The van der Waals surface area contributed by atoms with Gasteiger partial charge in [0.25, 0.3) is 0 Å². The van der Waals surface area contributed by atoms with Gasteiger partial charge in [0, 0.05) is 37.7 Å². The third-order valence-corrected chi connectivity index (χ3v) is 5.21. The highest BCUT2D eigenvalue weighted by molar-refractivity contribution is 7.80. The van der Waals surface area contributed by atoms with Crippen LogP contribution in [0, 0.1) is 0 Å². The molecule has 0 fully saturated rings. The molecule has 0 aliphatic heterocycles. The van der Waals surface area contributed by atoms with Crippen molar-refractivity contribution in [3.63, 3.8) is 0 Å². The number of hydrogen-bond acceptors (Lipinski definition) is 5. The molecule has 0 radical (unpaired) electrons. The normalized spacial score (nSPS) is 11.5. The summed E-state index contributed by atoms with van der Waals surface area (Å²) < 4.78 is 5.57. The average Bonchev–Trinajstić information content (AvgIpc) is 2.82. The molecule has 0 bridgehead atoms. The number of benzene rings is 3. The number of thiocarbonyl (C=S) groups is 1. The number of nitrogens with zero attached hydrogens (tertiary/aromatic N) is 1. The van der Waals surface area contributed by atoms with E-state index in [-0.39, 0.29) is 6.61 Å². The predicted molar refractivity (Wildman–Crippen MR) is 142 cm³/mol. The fourth-order valence-electron chi connectivity index (χ4n) is 3.16. The maximum absolute atomic E-state index is 10.1. The molecule has 1 unspecified atom stereocenters. The standard InChI is InChI=1S/C26H32N4O2S/c1-30(2)23-14-12-22(13-15-23)29-26(33)28-21-10-8-20(9-11-21)16-17-27-18-24(31)19-32-25-6-4-3-5-7-25/h3-15,24,27,31H,16-19H2,1-2H3,(H2,28,29,33). The lowest BCUT2D eigenvalue weighted by atomic mass is 10.1. The Balaban J connectivity index is 1.33. The van der Waals surface area contributed by atoms with Gasteiger partial charge in [-0.3, -0.25) is 0 Å². The van der Waals surface area contributed by atoms with Crippen molar-refractivity contribution >= 4 is 34.4 Å². The number of rotatable bonds is 11. The zero-order valence-electron chi connectivity index (χ0n) is 19.1. The van der Waals surface area contributed by atoms with Crippen molar-refractivity contribution in [1.29, 1.82) is 0 Å². The molecule has 1 atom stereocenters. The van der Waals surface area contributed by atoms with E-state index >= 15 is 0 Å². The van der Waals surface area contributed by atoms with E-state index in [2.05, 4.69) is 33.0 Å². The highest BCUT2D eigenvalue weighted by atomic mass is 32.1. The van der Waals surface area contributed by atoms with Crippen LogP contribution in [0.2, 0.25) is 0 Å². The Labute approximate surface area is 201 Å². The molecule has 0 aliphatic rings. The molecule has 3 rings (SSSR count). The first-order valence-corrected chi connectivity index (χ1v) is 11.4. The maximum Gasteiger partial charge on any atom is 0.175 e. The van der Waals surface area contributed by atoms with Gasteiger partial charge in [0.05, 0.1) is 0 Å². The highest BCUT2D eigenvalue weighted by Crippen LogP contribution is 2.16. The molecule has 174 valence electrons. The zero-order chi connectivity index (χ0) is 23.5. The number of nitrogens with one attached hydrogen (secondary N) is 3. The van der Waals surface area contributed by atoms with Crippen molar-refractivity contribution in [3.05, 3.63) is 84.4 Å². The van der Waals surface area contributed by atoms with E-state index < -0.39 is 6.10 Å². The lowest BCUT2D eigenvalue weighted by Gasteiger charge is -2.15. The summed E-state index contributed by atoms with van der Waals surface area (Å²) in [5.41, 5.74) is 4.22. The van der Waals surface area contributed by atoms with Crippen LogP contribution >= 0.6 is 12.2 Å². The number of anilines is 3. The van der Waals surface area contributed by atoms with E-state index in [0.29, 0.717) is 11.7 Å². The van der Waals surface area contributed by atoms with Crippen LogP contribution in [0.3, 0.4) is 0 Å². The van der Waals surface area contributed by atoms with Gasteiger partial charge in [-0.25, -0.2) is 0 Å². The van der Waals surface area contributed by atoms with Crippen LogP contribution in [0.4, 0.5) is 17.1 Å². The minimum Gasteiger partial charge on any atom is -0.491 e. The molecule has 0 saturated heterocycles. The topological polar surface area (TPSA) is 68.8 Å². The van der Waals surface area contributed by atoms with Crippen LogP contribution < -0.4 is 25.6 Å². The van der Waals surface area contributed by atoms with Crippen molar-refractivity contribution in [2.75, 3.05) is 49.3 Å². The summed E-state index contributed by atoms with van der Waals surface area (Å²) in [4.78, 5) is 2.06. The molecule has 3 aromatic rings. The van der Waals surface area contributed by atoms with Gasteiger partial charge in [0.2, 0.25) is 0 Å². The van der Waals surface area contributed by atoms with E-state index in [1.165, 1.54) is 5.56 Å². The van der Waals surface area contributed by atoms with Gasteiger partial charge in [-0.2, -0.15) is 0 Å². The molecule has 3 aromatic carbocycles. The van der Waals surface area contributed by atoms with Gasteiger partial charge in [-0.15, -0.1) is 0 Å². The van der Waals surface area contributed by atoms with Gasteiger partial charge in [-0.1, -0.05) is 30.3 Å². The fraction of sp³-hybridized carbons (Fsp3) is 0.269. The second-order valence-electron chi connectivity index (χ2n) is 7.95. The van der Waals surface area contributed by atoms with Crippen molar-refractivity contribution in [2.45, 2.75) is 12.5 Å². The number of aliphatic hydroxyl groups excluding tert-OH is 1. The van der Waals surface area contributed by atoms with Gasteiger partial charge in [0.1, 0.15) is 18.5 Å². The number of para-hydroxylation sites is 1. The van der Waals surface area contributed by atoms with E-state index in [1.54, 1.807) is 0 Å². The van der Waals surface area contributed by atoms with Gasteiger partial charge in [-0.05, 0) is 79.3 Å². The number of hydrogen-bond donors (Lipinski definition) is 4. The molecule has 0 aromatic heterocycles. The van der Waals surface area contributed by atoms with Crippen molar-refractivity contribution in [2.24, 2.45) is 0 Å².